The molecule has 0 aromatic heterocycles. The lowest BCUT2D eigenvalue weighted by Crippen LogP contribution is -2.29. The van der Waals surface area contributed by atoms with E-state index in [-0.39, 0.29) is 12.5 Å². The van der Waals surface area contributed by atoms with Gasteiger partial charge in [-0.25, -0.2) is 0 Å². The van der Waals surface area contributed by atoms with Gasteiger partial charge in [0.2, 0.25) is 5.91 Å². The van der Waals surface area contributed by atoms with Crippen LogP contribution < -0.4 is 10.1 Å². The molecule has 0 atom stereocenters. The van der Waals surface area contributed by atoms with Gasteiger partial charge in [0.25, 0.3) is 0 Å². The summed E-state index contributed by atoms with van der Waals surface area (Å²) in [6.07, 6.45) is 5.55. The monoisotopic (exact) mass is 307 g/mol. The van der Waals surface area contributed by atoms with Crippen molar-refractivity contribution in [2.24, 2.45) is 0 Å². The summed E-state index contributed by atoms with van der Waals surface area (Å²) in [5, 5.41) is 11.9. The molecule has 4 heteroatoms. The van der Waals surface area contributed by atoms with Crippen LogP contribution in [0.5, 0.6) is 5.75 Å². The van der Waals surface area contributed by atoms with Gasteiger partial charge in [-0.05, 0) is 44.5 Å². The van der Waals surface area contributed by atoms with Gasteiger partial charge >= 0.3 is 0 Å². The third-order valence-corrected chi connectivity index (χ3v) is 3.50. The Balaban J connectivity index is 2.43. The van der Waals surface area contributed by atoms with Crippen molar-refractivity contribution in [2.45, 2.75) is 64.9 Å². The van der Waals surface area contributed by atoms with E-state index in [0.717, 1.165) is 24.3 Å². The zero-order valence-corrected chi connectivity index (χ0v) is 14.0. The normalized spacial score (nSPS) is 11.3. The van der Waals surface area contributed by atoms with Crippen LogP contribution in [-0.4, -0.2) is 23.2 Å². The first-order valence-corrected chi connectivity index (χ1v) is 8.16. The minimum Gasteiger partial charge on any atom is -0.488 e. The molecule has 0 spiro atoms. The fraction of sp³-hybridized carbons (Fsp3) is 0.611. The van der Waals surface area contributed by atoms with Crippen molar-refractivity contribution in [1.82, 2.24) is 0 Å². The number of aliphatic hydroxyl groups excluding tert-OH is 1. The third kappa shape index (κ3) is 7.46. The van der Waals surface area contributed by atoms with Gasteiger partial charge < -0.3 is 15.2 Å². The number of aliphatic hydroxyl groups is 1. The summed E-state index contributed by atoms with van der Waals surface area (Å²) < 4.78 is 5.82. The topological polar surface area (TPSA) is 58.6 Å². The van der Waals surface area contributed by atoms with Crippen molar-refractivity contribution in [3.63, 3.8) is 0 Å². The van der Waals surface area contributed by atoms with Crippen molar-refractivity contribution in [3.8, 4) is 5.75 Å². The SMILES string of the molecule is CCCCCCC(=O)Nc1ccc(OC(C)(C)CCO)cc1. The van der Waals surface area contributed by atoms with Crippen LogP contribution in [0.4, 0.5) is 5.69 Å². The Morgan fingerprint density at radius 2 is 1.86 bits per heavy atom. The molecule has 0 radical (unpaired) electrons. The predicted octanol–water partition coefficient (Wildman–Crippen LogP) is 4.14. The van der Waals surface area contributed by atoms with Crippen LogP contribution in [0.1, 0.15) is 59.3 Å². The summed E-state index contributed by atoms with van der Waals surface area (Å²) >= 11 is 0. The fourth-order valence-electron chi connectivity index (χ4n) is 2.18. The predicted molar refractivity (Wildman–Crippen MR) is 90.2 cm³/mol. The number of anilines is 1. The van der Waals surface area contributed by atoms with E-state index in [9.17, 15) is 4.79 Å². The molecule has 0 aliphatic carbocycles. The highest BCUT2D eigenvalue weighted by atomic mass is 16.5. The zero-order chi connectivity index (χ0) is 16.4. The van der Waals surface area contributed by atoms with Gasteiger partial charge in [-0.2, -0.15) is 0 Å². The second-order valence-electron chi connectivity index (χ2n) is 6.22. The standard InChI is InChI=1S/C18H29NO3/c1-4-5-6-7-8-17(21)19-15-9-11-16(12-10-15)22-18(2,3)13-14-20/h9-12,20H,4-8,13-14H2,1-3H3,(H,19,21). The Kier molecular flexibility index (Phi) is 7.96. The van der Waals surface area contributed by atoms with Crippen LogP contribution in [0.3, 0.4) is 0 Å². The second kappa shape index (κ2) is 9.46. The van der Waals surface area contributed by atoms with Crippen LogP contribution in [0.15, 0.2) is 24.3 Å². The highest BCUT2D eigenvalue weighted by molar-refractivity contribution is 5.90. The number of carbonyl (C=O) groups is 1. The number of amides is 1. The molecule has 0 heterocycles. The molecule has 0 saturated carbocycles. The minimum absolute atomic E-state index is 0.0605. The number of ether oxygens (including phenoxy) is 1. The van der Waals surface area contributed by atoms with Crippen LogP contribution in [0, 0.1) is 0 Å². The Labute approximate surface area is 133 Å². The van der Waals surface area contributed by atoms with Crippen LogP contribution >= 0.6 is 0 Å². The van der Waals surface area contributed by atoms with Crippen molar-refractivity contribution in [2.75, 3.05) is 11.9 Å². The van der Waals surface area contributed by atoms with E-state index in [0.29, 0.717) is 12.8 Å². The molecule has 1 aromatic carbocycles. The molecule has 0 bridgehead atoms. The maximum atomic E-state index is 11.8. The Morgan fingerprint density at radius 3 is 2.45 bits per heavy atom. The lowest BCUT2D eigenvalue weighted by molar-refractivity contribution is -0.116. The average Bonchev–Trinajstić information content (AvgIpc) is 2.45. The Bertz CT molecular complexity index is 440. The van der Waals surface area contributed by atoms with E-state index < -0.39 is 5.60 Å². The molecule has 2 N–H and O–H groups in total. The molecule has 0 aliphatic heterocycles. The molecule has 124 valence electrons. The van der Waals surface area contributed by atoms with E-state index >= 15 is 0 Å². The van der Waals surface area contributed by atoms with Crippen LogP contribution in [0.2, 0.25) is 0 Å². The lowest BCUT2D eigenvalue weighted by atomic mass is 10.1. The molecule has 22 heavy (non-hydrogen) atoms. The summed E-state index contributed by atoms with van der Waals surface area (Å²) in [7, 11) is 0. The van der Waals surface area contributed by atoms with Crippen molar-refractivity contribution < 1.29 is 14.6 Å². The summed E-state index contributed by atoms with van der Waals surface area (Å²) in [5.41, 5.74) is 0.381. The molecule has 1 rings (SSSR count). The van der Waals surface area contributed by atoms with Gasteiger partial charge in [-0.3, -0.25) is 4.79 Å². The average molecular weight is 307 g/mol. The van der Waals surface area contributed by atoms with Gasteiger partial charge in [0.05, 0.1) is 0 Å². The number of carbonyl (C=O) groups excluding carboxylic acids is 1. The molecular weight excluding hydrogens is 278 g/mol. The van der Waals surface area contributed by atoms with Crippen molar-refractivity contribution in [3.05, 3.63) is 24.3 Å². The van der Waals surface area contributed by atoms with Crippen LogP contribution in [0.25, 0.3) is 0 Å². The summed E-state index contributed by atoms with van der Waals surface area (Å²) in [6.45, 7) is 6.13. The van der Waals surface area contributed by atoms with Crippen LogP contribution in [-0.2, 0) is 4.79 Å². The van der Waals surface area contributed by atoms with Gasteiger partial charge in [-0.15, -0.1) is 0 Å². The van der Waals surface area contributed by atoms with E-state index in [2.05, 4.69) is 12.2 Å². The number of nitrogens with one attached hydrogen (secondary N) is 1. The number of benzene rings is 1. The summed E-state index contributed by atoms with van der Waals surface area (Å²) in [6, 6.07) is 7.36. The first kappa shape index (κ1) is 18.5. The zero-order valence-electron chi connectivity index (χ0n) is 14.0. The van der Waals surface area contributed by atoms with E-state index in [1.165, 1.54) is 12.8 Å². The molecule has 0 saturated heterocycles. The number of unbranched alkanes of at least 4 members (excludes halogenated alkanes) is 3. The van der Waals surface area contributed by atoms with E-state index in [4.69, 9.17) is 9.84 Å². The summed E-state index contributed by atoms with van der Waals surface area (Å²) in [5.74, 6) is 0.796. The largest absolute Gasteiger partial charge is 0.488 e. The first-order chi connectivity index (χ1) is 10.5. The van der Waals surface area contributed by atoms with Gasteiger partial charge in [0.15, 0.2) is 0 Å². The molecule has 1 amide bonds. The third-order valence-electron chi connectivity index (χ3n) is 3.50. The van der Waals surface area contributed by atoms with E-state index in [1.807, 2.05) is 38.1 Å². The molecule has 0 aliphatic rings. The number of hydrogen-bond donors (Lipinski definition) is 2. The highest BCUT2D eigenvalue weighted by Gasteiger charge is 2.18. The fourth-order valence-corrected chi connectivity index (χ4v) is 2.18. The van der Waals surface area contributed by atoms with Crippen molar-refractivity contribution in [1.29, 1.82) is 0 Å². The van der Waals surface area contributed by atoms with Gasteiger partial charge in [0.1, 0.15) is 11.4 Å². The highest BCUT2D eigenvalue weighted by Crippen LogP contribution is 2.22. The number of rotatable bonds is 10. The molecule has 4 nitrogen and oxygen atoms in total. The lowest BCUT2D eigenvalue weighted by Gasteiger charge is -2.25. The molecule has 0 unspecified atom stereocenters. The van der Waals surface area contributed by atoms with Gasteiger partial charge in [-0.1, -0.05) is 26.2 Å². The summed E-state index contributed by atoms with van der Waals surface area (Å²) in [4.78, 5) is 11.8. The second-order valence-corrected chi connectivity index (χ2v) is 6.22. The molecule has 1 aromatic rings. The van der Waals surface area contributed by atoms with Gasteiger partial charge in [0, 0.05) is 25.1 Å². The smallest absolute Gasteiger partial charge is 0.224 e. The Hall–Kier alpha value is -1.55. The maximum Gasteiger partial charge on any atom is 0.224 e. The molecule has 0 fully saturated rings. The quantitative estimate of drug-likeness (QED) is 0.639. The minimum atomic E-state index is -0.404. The van der Waals surface area contributed by atoms with Crippen molar-refractivity contribution >= 4 is 11.6 Å². The Morgan fingerprint density at radius 1 is 1.18 bits per heavy atom. The van der Waals surface area contributed by atoms with E-state index in [1.54, 1.807) is 0 Å². The maximum absolute atomic E-state index is 11.8. The first-order valence-electron chi connectivity index (χ1n) is 8.16. The number of hydrogen-bond acceptors (Lipinski definition) is 3. The molecular formula is C18H29NO3.